The van der Waals surface area contributed by atoms with E-state index in [2.05, 4.69) is 0 Å². The van der Waals surface area contributed by atoms with Crippen molar-refractivity contribution in [1.29, 1.82) is 5.26 Å². The van der Waals surface area contributed by atoms with Crippen molar-refractivity contribution in [3.05, 3.63) is 23.8 Å². The van der Waals surface area contributed by atoms with Gasteiger partial charge in [-0.05, 0) is 51.5 Å². The summed E-state index contributed by atoms with van der Waals surface area (Å²) < 4.78 is 28.4. The molecule has 1 rings (SSSR count). The van der Waals surface area contributed by atoms with E-state index in [0.717, 1.165) is 5.56 Å². The standard InChI is InChI=1S/C13H17NO3S/c1-5-17-12-7-6-11(8-10(12)2)18(15,16)13(3,4)9-14/h6-8H,5H2,1-4H3. The molecule has 0 fully saturated rings. The lowest BCUT2D eigenvalue weighted by atomic mass is 10.2. The van der Waals surface area contributed by atoms with Crippen LogP contribution in [0.15, 0.2) is 23.1 Å². The molecule has 0 aliphatic heterocycles. The molecular weight excluding hydrogens is 250 g/mol. The number of nitrogens with zero attached hydrogens (tertiary/aromatic N) is 1. The van der Waals surface area contributed by atoms with Gasteiger partial charge in [-0.3, -0.25) is 0 Å². The molecule has 1 aromatic rings. The van der Waals surface area contributed by atoms with Crippen molar-refractivity contribution in [2.75, 3.05) is 6.61 Å². The highest BCUT2D eigenvalue weighted by atomic mass is 32.2. The zero-order valence-corrected chi connectivity index (χ0v) is 11.8. The summed E-state index contributed by atoms with van der Waals surface area (Å²) in [6.45, 7) is 6.96. The van der Waals surface area contributed by atoms with Gasteiger partial charge < -0.3 is 4.74 Å². The van der Waals surface area contributed by atoms with E-state index in [1.165, 1.54) is 19.9 Å². The van der Waals surface area contributed by atoms with Crippen molar-refractivity contribution in [3.63, 3.8) is 0 Å². The van der Waals surface area contributed by atoms with E-state index >= 15 is 0 Å². The maximum atomic E-state index is 12.2. The molecule has 0 saturated heterocycles. The molecule has 0 heterocycles. The predicted molar refractivity (Wildman–Crippen MR) is 69.2 cm³/mol. The van der Waals surface area contributed by atoms with Gasteiger partial charge in [0.2, 0.25) is 0 Å². The normalized spacial score (nSPS) is 11.9. The fourth-order valence-corrected chi connectivity index (χ4v) is 2.75. The van der Waals surface area contributed by atoms with Crippen LogP contribution in [0.2, 0.25) is 0 Å². The smallest absolute Gasteiger partial charge is 0.196 e. The third-order valence-corrected chi connectivity index (χ3v) is 5.01. The van der Waals surface area contributed by atoms with Gasteiger partial charge in [0.05, 0.1) is 17.6 Å². The van der Waals surface area contributed by atoms with Crippen molar-refractivity contribution < 1.29 is 13.2 Å². The molecule has 0 spiro atoms. The number of hydrogen-bond acceptors (Lipinski definition) is 4. The van der Waals surface area contributed by atoms with E-state index < -0.39 is 14.6 Å². The molecule has 0 saturated carbocycles. The van der Waals surface area contributed by atoms with Gasteiger partial charge in [0.25, 0.3) is 0 Å². The van der Waals surface area contributed by atoms with Gasteiger partial charge in [-0.1, -0.05) is 0 Å². The van der Waals surface area contributed by atoms with Gasteiger partial charge in [-0.25, -0.2) is 8.42 Å². The number of aryl methyl sites for hydroxylation is 1. The van der Waals surface area contributed by atoms with E-state index in [4.69, 9.17) is 10.00 Å². The van der Waals surface area contributed by atoms with E-state index in [-0.39, 0.29) is 4.90 Å². The average Bonchev–Trinajstić information content (AvgIpc) is 2.31. The van der Waals surface area contributed by atoms with Gasteiger partial charge in [-0.2, -0.15) is 5.26 Å². The Bertz CT molecular complexity index is 583. The van der Waals surface area contributed by atoms with E-state index in [0.29, 0.717) is 12.4 Å². The Kier molecular flexibility index (Phi) is 4.02. The second kappa shape index (κ2) is 4.99. The van der Waals surface area contributed by atoms with Gasteiger partial charge in [0.15, 0.2) is 14.6 Å². The van der Waals surface area contributed by atoms with Crippen molar-refractivity contribution in [3.8, 4) is 11.8 Å². The number of benzene rings is 1. The highest BCUT2D eigenvalue weighted by Gasteiger charge is 2.36. The number of sulfone groups is 1. The molecular formula is C13H17NO3S. The van der Waals surface area contributed by atoms with Crippen LogP contribution < -0.4 is 4.74 Å². The van der Waals surface area contributed by atoms with E-state index in [1.807, 2.05) is 13.0 Å². The summed E-state index contributed by atoms with van der Waals surface area (Å²) in [5.74, 6) is 0.659. The lowest BCUT2D eigenvalue weighted by Gasteiger charge is -2.17. The number of hydrogen-bond donors (Lipinski definition) is 0. The zero-order valence-electron chi connectivity index (χ0n) is 11.0. The predicted octanol–water partition coefficient (Wildman–Crippen LogP) is 2.47. The zero-order chi connectivity index (χ0) is 14.0. The minimum Gasteiger partial charge on any atom is -0.494 e. The van der Waals surface area contributed by atoms with E-state index in [1.54, 1.807) is 19.1 Å². The lowest BCUT2D eigenvalue weighted by Crippen LogP contribution is -2.30. The molecule has 5 heteroatoms. The first kappa shape index (κ1) is 14.5. The van der Waals surface area contributed by atoms with Crippen molar-refractivity contribution in [1.82, 2.24) is 0 Å². The van der Waals surface area contributed by atoms with Gasteiger partial charge in [0, 0.05) is 0 Å². The molecule has 0 aliphatic rings. The first-order valence-corrected chi connectivity index (χ1v) is 7.14. The Morgan fingerprint density at radius 1 is 1.39 bits per heavy atom. The van der Waals surface area contributed by atoms with Crippen LogP contribution in [0.4, 0.5) is 0 Å². The monoisotopic (exact) mass is 267 g/mol. The van der Waals surface area contributed by atoms with Crippen LogP contribution in [-0.4, -0.2) is 19.8 Å². The van der Waals surface area contributed by atoms with Gasteiger partial charge in [-0.15, -0.1) is 0 Å². The third-order valence-electron chi connectivity index (χ3n) is 2.70. The van der Waals surface area contributed by atoms with Crippen LogP contribution in [0, 0.1) is 18.3 Å². The molecule has 0 aromatic heterocycles. The van der Waals surface area contributed by atoms with Crippen molar-refractivity contribution >= 4 is 9.84 Å². The summed E-state index contributed by atoms with van der Waals surface area (Å²) in [6, 6.07) is 6.46. The molecule has 0 N–H and O–H groups in total. The molecule has 0 atom stereocenters. The van der Waals surface area contributed by atoms with E-state index in [9.17, 15) is 8.42 Å². The molecule has 0 unspecified atom stereocenters. The maximum absolute atomic E-state index is 12.2. The number of ether oxygens (including phenoxy) is 1. The average molecular weight is 267 g/mol. The van der Waals surface area contributed by atoms with Crippen LogP contribution >= 0.6 is 0 Å². The largest absolute Gasteiger partial charge is 0.494 e. The summed E-state index contributed by atoms with van der Waals surface area (Å²) in [5, 5.41) is 8.95. The summed E-state index contributed by atoms with van der Waals surface area (Å²) in [5.41, 5.74) is 0.742. The Morgan fingerprint density at radius 3 is 2.44 bits per heavy atom. The number of rotatable bonds is 4. The fourth-order valence-electron chi connectivity index (χ4n) is 1.46. The van der Waals surface area contributed by atoms with Crippen molar-refractivity contribution in [2.24, 2.45) is 0 Å². The second-order valence-corrected chi connectivity index (χ2v) is 6.98. The highest BCUT2D eigenvalue weighted by Crippen LogP contribution is 2.28. The molecule has 0 amide bonds. The molecule has 0 bridgehead atoms. The fraction of sp³-hybridized carbons (Fsp3) is 0.462. The first-order valence-electron chi connectivity index (χ1n) is 5.65. The molecule has 4 nitrogen and oxygen atoms in total. The third kappa shape index (κ3) is 2.49. The Labute approximate surface area is 108 Å². The molecule has 18 heavy (non-hydrogen) atoms. The minimum atomic E-state index is -3.66. The van der Waals surface area contributed by atoms with Crippen LogP contribution in [0.25, 0.3) is 0 Å². The summed E-state index contributed by atoms with van der Waals surface area (Å²) in [7, 11) is -3.66. The van der Waals surface area contributed by atoms with Crippen LogP contribution in [0.3, 0.4) is 0 Å². The second-order valence-electron chi connectivity index (χ2n) is 4.49. The molecule has 0 radical (unpaired) electrons. The Balaban J connectivity index is 3.29. The highest BCUT2D eigenvalue weighted by molar-refractivity contribution is 7.93. The first-order chi connectivity index (χ1) is 8.26. The minimum absolute atomic E-state index is 0.148. The summed E-state index contributed by atoms with van der Waals surface area (Å²) >= 11 is 0. The maximum Gasteiger partial charge on any atom is 0.196 e. The topological polar surface area (TPSA) is 67.2 Å². The number of nitriles is 1. The Hall–Kier alpha value is -1.54. The van der Waals surface area contributed by atoms with Gasteiger partial charge in [0.1, 0.15) is 5.75 Å². The van der Waals surface area contributed by atoms with Crippen molar-refractivity contribution in [2.45, 2.75) is 37.3 Å². The molecule has 1 aromatic carbocycles. The molecule has 98 valence electrons. The Morgan fingerprint density at radius 2 is 2.00 bits per heavy atom. The SMILES string of the molecule is CCOc1ccc(S(=O)(=O)C(C)(C)C#N)cc1C. The summed E-state index contributed by atoms with van der Waals surface area (Å²) in [6.07, 6.45) is 0. The van der Waals surface area contributed by atoms with Crippen LogP contribution in [0.5, 0.6) is 5.75 Å². The van der Waals surface area contributed by atoms with Gasteiger partial charge >= 0.3 is 0 Å². The van der Waals surface area contributed by atoms with Crippen LogP contribution in [0.1, 0.15) is 26.3 Å². The summed E-state index contributed by atoms with van der Waals surface area (Å²) in [4.78, 5) is 0.148. The quantitative estimate of drug-likeness (QED) is 0.840. The lowest BCUT2D eigenvalue weighted by molar-refractivity contribution is 0.337. The molecule has 0 aliphatic carbocycles. The van der Waals surface area contributed by atoms with Crippen LogP contribution in [-0.2, 0) is 9.84 Å².